The number of rotatable bonds is 4. The molecule has 0 spiro atoms. The molecule has 0 atom stereocenters. The second-order valence-corrected chi connectivity index (χ2v) is 8.52. The van der Waals surface area contributed by atoms with E-state index in [1.165, 1.54) is 23.8 Å². The summed E-state index contributed by atoms with van der Waals surface area (Å²) in [4.78, 5) is 16.8. The molecule has 2 heterocycles. The number of alkyl halides is 3. The zero-order chi connectivity index (χ0) is 21.4. The van der Waals surface area contributed by atoms with Crippen LogP contribution in [-0.4, -0.2) is 43.5 Å². The molecule has 1 aliphatic heterocycles. The Bertz CT molecular complexity index is 1050. The summed E-state index contributed by atoms with van der Waals surface area (Å²) in [6.07, 6.45) is -0.401. The zero-order valence-electron chi connectivity index (χ0n) is 15.6. The minimum atomic E-state index is -4.58. The fourth-order valence-corrected chi connectivity index (χ4v) is 3.91. The number of nitrogens with zero attached hydrogens (tertiary/aromatic N) is 2. The minimum Gasteiger partial charge on any atom is -0.495 e. The fraction of sp³-hybridized carbons (Fsp3) is 0.333. The van der Waals surface area contributed by atoms with Crippen LogP contribution in [0.5, 0.6) is 5.75 Å². The van der Waals surface area contributed by atoms with Gasteiger partial charge in [-0.05, 0) is 35.7 Å². The summed E-state index contributed by atoms with van der Waals surface area (Å²) < 4.78 is 68.8. The van der Waals surface area contributed by atoms with E-state index in [1.807, 2.05) is 0 Å². The van der Waals surface area contributed by atoms with Crippen molar-refractivity contribution in [3.8, 4) is 5.75 Å². The fourth-order valence-electron chi connectivity index (χ4n) is 3.12. The van der Waals surface area contributed by atoms with Crippen molar-refractivity contribution in [3.63, 3.8) is 0 Å². The Morgan fingerprint density at radius 1 is 1.28 bits per heavy atom. The minimum absolute atomic E-state index is 0.0763. The zero-order valence-corrected chi connectivity index (χ0v) is 16.4. The predicted octanol–water partition coefficient (Wildman–Crippen LogP) is 2.68. The van der Waals surface area contributed by atoms with Crippen molar-refractivity contribution in [2.45, 2.75) is 19.1 Å². The molecular weight excluding hydrogens is 411 g/mol. The highest BCUT2D eigenvalue weighted by molar-refractivity contribution is 7.88. The third kappa shape index (κ3) is 4.51. The summed E-state index contributed by atoms with van der Waals surface area (Å²) in [5, 5.41) is 2.45. The van der Waals surface area contributed by atoms with Gasteiger partial charge in [-0.15, -0.1) is 0 Å². The Kier molecular flexibility index (Phi) is 5.54. The van der Waals surface area contributed by atoms with Crippen LogP contribution in [0, 0.1) is 0 Å². The normalized spacial score (nSPS) is 14.9. The molecule has 0 aliphatic carbocycles. The van der Waals surface area contributed by atoms with Gasteiger partial charge in [-0.3, -0.25) is 9.78 Å². The van der Waals surface area contributed by atoms with E-state index in [0.717, 1.165) is 24.5 Å². The first-order valence-electron chi connectivity index (χ1n) is 8.48. The van der Waals surface area contributed by atoms with Crippen molar-refractivity contribution in [2.75, 3.05) is 25.2 Å². The van der Waals surface area contributed by atoms with E-state index < -0.39 is 27.7 Å². The molecule has 3 rings (SSSR count). The standard InChI is InChI=1S/C18H18F3N3O4S/c1-28-16-4-3-12(18(19,20)21)7-15(16)23-17(25)14-9-22-8-11-10-24(29(2,26)27)6-5-13(11)14/h3-4,7-9H,5-6,10H2,1-2H3,(H,23,25). The number of anilines is 1. The monoisotopic (exact) mass is 429 g/mol. The lowest BCUT2D eigenvalue weighted by molar-refractivity contribution is -0.137. The Morgan fingerprint density at radius 2 is 2.00 bits per heavy atom. The number of methoxy groups -OCH3 is 1. The van der Waals surface area contributed by atoms with Crippen LogP contribution in [0.4, 0.5) is 18.9 Å². The molecule has 0 radical (unpaired) electrons. The highest BCUT2D eigenvalue weighted by Gasteiger charge is 2.32. The topological polar surface area (TPSA) is 88.6 Å². The van der Waals surface area contributed by atoms with E-state index in [-0.39, 0.29) is 36.5 Å². The lowest BCUT2D eigenvalue weighted by atomic mass is 9.98. The Balaban J connectivity index is 1.92. The molecule has 1 amide bonds. The van der Waals surface area contributed by atoms with E-state index in [1.54, 1.807) is 0 Å². The smallest absolute Gasteiger partial charge is 0.416 e. The van der Waals surface area contributed by atoms with Crippen molar-refractivity contribution in [3.05, 3.63) is 52.8 Å². The van der Waals surface area contributed by atoms with Gasteiger partial charge in [0.1, 0.15) is 5.75 Å². The highest BCUT2D eigenvalue weighted by atomic mass is 32.2. The van der Waals surface area contributed by atoms with E-state index in [4.69, 9.17) is 4.74 Å². The number of ether oxygens (including phenoxy) is 1. The predicted molar refractivity (Wildman–Crippen MR) is 99.1 cm³/mol. The van der Waals surface area contributed by atoms with Crippen molar-refractivity contribution < 1.29 is 31.1 Å². The van der Waals surface area contributed by atoms with Gasteiger partial charge >= 0.3 is 6.18 Å². The number of sulfonamides is 1. The number of carbonyl (C=O) groups excluding carboxylic acids is 1. The van der Waals surface area contributed by atoms with Crippen LogP contribution in [0.3, 0.4) is 0 Å². The van der Waals surface area contributed by atoms with Crippen LogP contribution in [0.2, 0.25) is 0 Å². The summed E-state index contributed by atoms with van der Waals surface area (Å²) in [5.41, 5.74) is 0.313. The highest BCUT2D eigenvalue weighted by Crippen LogP contribution is 2.35. The first kappa shape index (κ1) is 21.1. The molecule has 29 heavy (non-hydrogen) atoms. The molecule has 0 bridgehead atoms. The van der Waals surface area contributed by atoms with Crippen LogP contribution in [0.1, 0.15) is 27.0 Å². The maximum Gasteiger partial charge on any atom is 0.416 e. The number of amides is 1. The summed E-state index contributed by atoms with van der Waals surface area (Å²) in [6.45, 7) is 0.276. The molecule has 1 aromatic carbocycles. The van der Waals surface area contributed by atoms with Gasteiger partial charge in [-0.1, -0.05) is 0 Å². The molecule has 11 heteroatoms. The van der Waals surface area contributed by atoms with Crippen molar-refractivity contribution in [1.82, 2.24) is 9.29 Å². The Hall–Kier alpha value is -2.66. The molecule has 0 unspecified atom stereocenters. The van der Waals surface area contributed by atoms with Crippen LogP contribution in [0.25, 0.3) is 0 Å². The third-order valence-corrected chi connectivity index (χ3v) is 5.84. The van der Waals surface area contributed by atoms with Gasteiger partial charge in [-0.2, -0.15) is 17.5 Å². The van der Waals surface area contributed by atoms with Crippen molar-refractivity contribution in [1.29, 1.82) is 0 Å². The number of aromatic nitrogens is 1. The van der Waals surface area contributed by atoms with Gasteiger partial charge in [0.2, 0.25) is 10.0 Å². The van der Waals surface area contributed by atoms with Gasteiger partial charge in [0.15, 0.2) is 0 Å². The third-order valence-electron chi connectivity index (χ3n) is 4.59. The van der Waals surface area contributed by atoms with Gasteiger partial charge in [-0.25, -0.2) is 8.42 Å². The quantitative estimate of drug-likeness (QED) is 0.807. The van der Waals surface area contributed by atoms with Crippen molar-refractivity contribution in [2.24, 2.45) is 0 Å². The molecule has 1 aliphatic rings. The van der Waals surface area contributed by atoms with Crippen LogP contribution >= 0.6 is 0 Å². The van der Waals surface area contributed by atoms with Gasteiger partial charge in [0.05, 0.1) is 30.2 Å². The molecule has 7 nitrogen and oxygen atoms in total. The molecule has 1 aromatic heterocycles. The number of nitrogens with one attached hydrogen (secondary N) is 1. The van der Waals surface area contributed by atoms with Crippen LogP contribution < -0.4 is 10.1 Å². The average molecular weight is 429 g/mol. The largest absolute Gasteiger partial charge is 0.495 e. The molecular formula is C18H18F3N3O4S. The number of fused-ring (bicyclic) bond motifs is 1. The second kappa shape index (κ2) is 7.64. The van der Waals surface area contributed by atoms with Crippen LogP contribution in [0.15, 0.2) is 30.6 Å². The summed E-state index contributed by atoms with van der Waals surface area (Å²) >= 11 is 0. The molecule has 1 N–H and O–H groups in total. The Morgan fingerprint density at radius 3 is 2.62 bits per heavy atom. The number of pyridine rings is 1. The maximum atomic E-state index is 13.0. The summed E-state index contributed by atoms with van der Waals surface area (Å²) in [7, 11) is -2.11. The van der Waals surface area contributed by atoms with Crippen molar-refractivity contribution >= 4 is 21.6 Å². The SMILES string of the molecule is COc1ccc(C(F)(F)F)cc1NC(=O)c1cncc2c1CCN(S(C)(=O)=O)C2. The molecule has 0 saturated carbocycles. The molecule has 0 fully saturated rings. The lowest BCUT2D eigenvalue weighted by Gasteiger charge is -2.27. The van der Waals surface area contributed by atoms with E-state index >= 15 is 0 Å². The Labute approximate surface area is 165 Å². The molecule has 0 saturated heterocycles. The number of halogens is 3. The van der Waals surface area contributed by atoms with E-state index in [9.17, 15) is 26.4 Å². The second-order valence-electron chi connectivity index (χ2n) is 6.54. The first-order valence-corrected chi connectivity index (χ1v) is 10.3. The number of carbonyl (C=O) groups is 1. The van der Waals surface area contributed by atoms with Gasteiger partial charge < -0.3 is 10.1 Å². The first-order chi connectivity index (χ1) is 13.5. The number of hydrogen-bond donors (Lipinski definition) is 1. The van der Waals surface area contributed by atoms with E-state index in [0.29, 0.717) is 11.1 Å². The number of hydrogen-bond acceptors (Lipinski definition) is 5. The lowest BCUT2D eigenvalue weighted by Crippen LogP contribution is -2.36. The molecule has 2 aromatic rings. The van der Waals surface area contributed by atoms with Gasteiger partial charge in [0.25, 0.3) is 5.91 Å². The maximum absolute atomic E-state index is 13.0. The summed E-state index contributed by atoms with van der Waals surface area (Å²) in [5.74, 6) is -0.577. The van der Waals surface area contributed by atoms with Crippen LogP contribution in [-0.2, 0) is 29.2 Å². The van der Waals surface area contributed by atoms with Gasteiger partial charge in [0, 0.05) is 25.5 Å². The van der Waals surface area contributed by atoms with E-state index in [2.05, 4.69) is 10.3 Å². The average Bonchev–Trinajstić information content (AvgIpc) is 2.65. The molecule has 156 valence electrons. The summed E-state index contributed by atoms with van der Waals surface area (Å²) in [6, 6.07) is 2.78. The number of benzene rings is 1.